The number of nitrogens with one attached hydrogen (secondary N) is 1. The molecule has 0 aliphatic heterocycles. The van der Waals surface area contributed by atoms with E-state index < -0.39 is 11.6 Å². The summed E-state index contributed by atoms with van der Waals surface area (Å²) in [5, 5.41) is 3.81. The lowest BCUT2D eigenvalue weighted by Crippen LogP contribution is -1.99. The highest BCUT2D eigenvalue weighted by atomic mass is 19.1. The van der Waals surface area contributed by atoms with Crippen molar-refractivity contribution in [3.05, 3.63) is 66.8 Å². The number of hydrogen-bond donors (Lipinski definition) is 1. The number of anilines is 1. The van der Waals surface area contributed by atoms with Gasteiger partial charge in [-0.25, -0.2) is 28.7 Å². The number of aromatic nitrogens is 4. The quantitative estimate of drug-likeness (QED) is 0.604. The second kappa shape index (κ2) is 6.44. The molecular formula is C19H13F2N5. The molecule has 0 fully saturated rings. The van der Waals surface area contributed by atoms with Crippen LogP contribution in [0.15, 0.2) is 55.1 Å². The fourth-order valence-corrected chi connectivity index (χ4v) is 2.75. The highest BCUT2D eigenvalue weighted by molar-refractivity contribution is 5.93. The molecule has 2 aromatic heterocycles. The van der Waals surface area contributed by atoms with Crippen molar-refractivity contribution >= 4 is 16.7 Å². The van der Waals surface area contributed by atoms with Gasteiger partial charge in [0.05, 0.1) is 11.1 Å². The smallest absolute Gasteiger partial charge is 0.165 e. The highest BCUT2D eigenvalue weighted by Gasteiger charge is 2.12. The minimum Gasteiger partial charge on any atom is -0.373 e. The van der Waals surface area contributed by atoms with Crippen LogP contribution in [-0.2, 0) is 0 Å². The van der Waals surface area contributed by atoms with Gasteiger partial charge in [-0.1, -0.05) is 6.07 Å². The average molecular weight is 349 g/mol. The van der Waals surface area contributed by atoms with Crippen molar-refractivity contribution < 1.29 is 8.78 Å². The van der Waals surface area contributed by atoms with Gasteiger partial charge in [0.1, 0.15) is 23.8 Å². The van der Waals surface area contributed by atoms with Crippen molar-refractivity contribution in [1.29, 1.82) is 0 Å². The maximum atomic E-state index is 14.1. The van der Waals surface area contributed by atoms with E-state index in [1.807, 2.05) is 0 Å². The van der Waals surface area contributed by atoms with Crippen molar-refractivity contribution in [3.63, 3.8) is 0 Å². The van der Waals surface area contributed by atoms with E-state index in [0.717, 1.165) is 17.5 Å². The van der Waals surface area contributed by atoms with Crippen LogP contribution in [-0.4, -0.2) is 27.0 Å². The predicted molar refractivity (Wildman–Crippen MR) is 95.5 cm³/mol. The van der Waals surface area contributed by atoms with E-state index in [-0.39, 0.29) is 5.56 Å². The molecule has 4 rings (SSSR count). The zero-order valence-corrected chi connectivity index (χ0v) is 13.7. The van der Waals surface area contributed by atoms with Crippen LogP contribution in [0.5, 0.6) is 0 Å². The van der Waals surface area contributed by atoms with Gasteiger partial charge in [-0.2, -0.15) is 0 Å². The second-order valence-corrected chi connectivity index (χ2v) is 5.63. The zero-order valence-electron chi connectivity index (χ0n) is 13.7. The molecule has 0 radical (unpaired) electrons. The van der Waals surface area contributed by atoms with Crippen molar-refractivity contribution in [3.8, 4) is 22.5 Å². The molecule has 7 heteroatoms. The van der Waals surface area contributed by atoms with E-state index in [4.69, 9.17) is 0 Å². The summed E-state index contributed by atoms with van der Waals surface area (Å²) in [4.78, 5) is 17.0. The van der Waals surface area contributed by atoms with Gasteiger partial charge in [0.25, 0.3) is 0 Å². The standard InChI is InChI=1S/C19H13F2N5/c1-22-19-14-4-2-11(15-7-13(20)3-5-16(15)21)6-17(14)25-18(26-19)12-8-23-10-24-9-12/h2-10H,1H3,(H,22,25,26). The summed E-state index contributed by atoms with van der Waals surface area (Å²) in [6, 6.07) is 8.59. The number of rotatable bonds is 3. The minimum absolute atomic E-state index is 0.182. The summed E-state index contributed by atoms with van der Waals surface area (Å²) in [7, 11) is 1.76. The molecule has 5 nitrogen and oxygen atoms in total. The van der Waals surface area contributed by atoms with Crippen LogP contribution >= 0.6 is 0 Å². The van der Waals surface area contributed by atoms with E-state index in [0.29, 0.717) is 28.3 Å². The first-order valence-electron chi connectivity index (χ1n) is 7.86. The third kappa shape index (κ3) is 2.83. The number of fused-ring (bicyclic) bond motifs is 1. The molecule has 0 unspecified atom stereocenters. The summed E-state index contributed by atoms with van der Waals surface area (Å²) < 4.78 is 27.7. The summed E-state index contributed by atoms with van der Waals surface area (Å²) in [6.07, 6.45) is 4.65. The van der Waals surface area contributed by atoms with Gasteiger partial charge in [0.2, 0.25) is 0 Å². The van der Waals surface area contributed by atoms with Crippen LogP contribution in [0.25, 0.3) is 33.4 Å². The van der Waals surface area contributed by atoms with Crippen LogP contribution in [0.4, 0.5) is 14.6 Å². The normalized spacial score (nSPS) is 10.9. The second-order valence-electron chi connectivity index (χ2n) is 5.63. The van der Waals surface area contributed by atoms with Crippen LogP contribution in [0.3, 0.4) is 0 Å². The van der Waals surface area contributed by atoms with Crippen molar-refractivity contribution in [1.82, 2.24) is 19.9 Å². The Morgan fingerprint density at radius 3 is 2.46 bits per heavy atom. The molecule has 4 aromatic rings. The first kappa shape index (κ1) is 16.0. The molecule has 0 bridgehead atoms. The number of nitrogens with zero attached hydrogens (tertiary/aromatic N) is 4. The molecule has 0 saturated heterocycles. The Balaban J connectivity index is 1.93. The Morgan fingerprint density at radius 1 is 0.885 bits per heavy atom. The zero-order chi connectivity index (χ0) is 18.1. The van der Waals surface area contributed by atoms with Crippen molar-refractivity contribution in [2.24, 2.45) is 0 Å². The maximum Gasteiger partial charge on any atom is 0.165 e. The van der Waals surface area contributed by atoms with Gasteiger partial charge in [0.15, 0.2) is 5.82 Å². The third-order valence-electron chi connectivity index (χ3n) is 3.99. The molecule has 2 heterocycles. The number of halogens is 2. The molecule has 26 heavy (non-hydrogen) atoms. The number of benzene rings is 2. The van der Waals surface area contributed by atoms with E-state index in [2.05, 4.69) is 25.3 Å². The lowest BCUT2D eigenvalue weighted by molar-refractivity contribution is 0.603. The van der Waals surface area contributed by atoms with Crippen molar-refractivity contribution in [2.45, 2.75) is 0 Å². The fourth-order valence-electron chi connectivity index (χ4n) is 2.75. The summed E-state index contributed by atoms with van der Waals surface area (Å²) in [5.74, 6) is 0.0759. The first-order valence-corrected chi connectivity index (χ1v) is 7.86. The lowest BCUT2D eigenvalue weighted by atomic mass is 10.0. The highest BCUT2D eigenvalue weighted by Crippen LogP contribution is 2.30. The SMILES string of the molecule is CNc1nc(-c2cncnc2)nc2cc(-c3cc(F)ccc3F)ccc12. The van der Waals surface area contributed by atoms with Gasteiger partial charge < -0.3 is 5.32 Å². The lowest BCUT2D eigenvalue weighted by Gasteiger charge is -2.10. The van der Waals surface area contributed by atoms with Gasteiger partial charge >= 0.3 is 0 Å². The average Bonchev–Trinajstić information content (AvgIpc) is 2.69. The van der Waals surface area contributed by atoms with Crippen LogP contribution in [0, 0.1) is 11.6 Å². The van der Waals surface area contributed by atoms with Gasteiger partial charge in [-0.05, 0) is 35.9 Å². The molecule has 0 spiro atoms. The summed E-state index contributed by atoms with van der Waals surface area (Å²) >= 11 is 0. The summed E-state index contributed by atoms with van der Waals surface area (Å²) in [6.45, 7) is 0. The van der Waals surface area contributed by atoms with E-state index >= 15 is 0 Å². The van der Waals surface area contributed by atoms with E-state index in [9.17, 15) is 8.78 Å². The van der Waals surface area contributed by atoms with Crippen LogP contribution < -0.4 is 5.32 Å². The monoisotopic (exact) mass is 349 g/mol. The molecule has 128 valence electrons. The maximum absolute atomic E-state index is 14.1. The number of hydrogen-bond acceptors (Lipinski definition) is 5. The first-order chi connectivity index (χ1) is 12.7. The van der Waals surface area contributed by atoms with E-state index in [1.54, 1.807) is 37.6 Å². The largest absolute Gasteiger partial charge is 0.373 e. The minimum atomic E-state index is -0.498. The predicted octanol–water partition coefficient (Wildman–Crippen LogP) is 4.07. The molecule has 2 aromatic carbocycles. The molecule has 0 atom stereocenters. The molecule has 0 amide bonds. The van der Waals surface area contributed by atoms with Crippen LogP contribution in [0.2, 0.25) is 0 Å². The van der Waals surface area contributed by atoms with E-state index in [1.165, 1.54) is 12.4 Å². The molecule has 0 aliphatic carbocycles. The van der Waals surface area contributed by atoms with Crippen LogP contribution in [0.1, 0.15) is 0 Å². The Kier molecular flexibility index (Phi) is 3.96. The Hall–Kier alpha value is -3.48. The topological polar surface area (TPSA) is 63.6 Å². The molecule has 1 N–H and O–H groups in total. The molecular weight excluding hydrogens is 336 g/mol. The Bertz CT molecular complexity index is 1100. The van der Waals surface area contributed by atoms with Crippen molar-refractivity contribution in [2.75, 3.05) is 12.4 Å². The Morgan fingerprint density at radius 2 is 1.69 bits per heavy atom. The third-order valence-corrected chi connectivity index (χ3v) is 3.99. The molecule has 0 aliphatic rings. The van der Waals surface area contributed by atoms with Gasteiger partial charge in [-0.3, -0.25) is 0 Å². The van der Waals surface area contributed by atoms with Gasteiger partial charge in [0, 0.05) is 30.4 Å². The molecule has 0 saturated carbocycles. The fraction of sp³-hybridized carbons (Fsp3) is 0.0526. The Labute approximate surface area is 147 Å². The summed E-state index contributed by atoms with van der Waals surface area (Å²) in [5.41, 5.74) is 1.98. The van der Waals surface area contributed by atoms with Gasteiger partial charge in [-0.15, -0.1) is 0 Å².